The predicted molar refractivity (Wildman–Crippen MR) is 105 cm³/mol. The second-order valence-corrected chi connectivity index (χ2v) is 8.65. The van der Waals surface area contributed by atoms with E-state index in [0.29, 0.717) is 24.5 Å². The third-order valence-corrected chi connectivity index (χ3v) is 6.27. The molecular formula is C19H25N3O5S. The molecule has 0 saturated carbocycles. The maximum absolute atomic E-state index is 12.6. The third-order valence-electron chi connectivity index (χ3n) is 4.94. The quantitative estimate of drug-likeness (QED) is 0.751. The summed E-state index contributed by atoms with van der Waals surface area (Å²) in [5.41, 5.74) is 0.616. The van der Waals surface area contributed by atoms with Crippen LogP contribution in [0.2, 0.25) is 0 Å². The highest BCUT2D eigenvalue weighted by molar-refractivity contribution is 7.90. The number of nitrogens with zero attached hydrogens (tertiary/aromatic N) is 2. The molecule has 1 aromatic rings. The van der Waals surface area contributed by atoms with Crippen molar-refractivity contribution in [2.75, 3.05) is 18.1 Å². The number of fused-ring (bicyclic) bond motifs is 3. The second-order valence-electron chi connectivity index (χ2n) is 7.08. The summed E-state index contributed by atoms with van der Waals surface area (Å²) in [5, 5.41) is 2.70. The Kier molecular flexibility index (Phi) is 6.02. The molecule has 0 spiro atoms. The van der Waals surface area contributed by atoms with Crippen LogP contribution in [0, 0.1) is 0 Å². The number of ether oxygens (including phenoxy) is 1. The average Bonchev–Trinajstić information content (AvgIpc) is 2.90. The van der Waals surface area contributed by atoms with Gasteiger partial charge in [-0.05, 0) is 44.4 Å². The first kappa shape index (κ1) is 20.3. The molecule has 0 unspecified atom stereocenters. The molecule has 2 aliphatic heterocycles. The van der Waals surface area contributed by atoms with Crippen molar-refractivity contribution in [3.8, 4) is 0 Å². The molecule has 3 rings (SSSR count). The number of anilines is 1. The van der Waals surface area contributed by atoms with Gasteiger partial charge in [0, 0.05) is 19.0 Å². The van der Waals surface area contributed by atoms with Gasteiger partial charge < -0.3 is 15.0 Å². The zero-order valence-electron chi connectivity index (χ0n) is 16.1. The molecule has 1 aromatic carbocycles. The summed E-state index contributed by atoms with van der Waals surface area (Å²) in [5.74, 6) is -0.586. The molecule has 2 heterocycles. The number of carbonyl (C=O) groups is 2. The van der Waals surface area contributed by atoms with Crippen molar-refractivity contribution < 1.29 is 22.7 Å². The molecular weight excluding hydrogens is 382 g/mol. The van der Waals surface area contributed by atoms with Crippen LogP contribution in [0.5, 0.6) is 0 Å². The molecule has 0 aliphatic carbocycles. The smallest absolute Gasteiger partial charge is 0.338 e. The lowest BCUT2D eigenvalue weighted by atomic mass is 10.2. The first-order chi connectivity index (χ1) is 13.3. The summed E-state index contributed by atoms with van der Waals surface area (Å²) in [6, 6.07) is 4.41. The zero-order chi connectivity index (χ0) is 20.3. The first-order valence-electron chi connectivity index (χ1n) is 9.53. The van der Waals surface area contributed by atoms with Crippen molar-refractivity contribution in [1.82, 2.24) is 5.32 Å². The SMILES string of the molecule is CC[C@@H](C)NC(=O)COC(=O)c1ccc2c(c1)S(=O)(=O)N=C1CCCCCN12. The summed E-state index contributed by atoms with van der Waals surface area (Å²) < 4.78 is 34.2. The Hall–Kier alpha value is -2.42. The number of amidine groups is 1. The van der Waals surface area contributed by atoms with Crippen molar-refractivity contribution in [2.24, 2.45) is 4.40 Å². The van der Waals surface area contributed by atoms with E-state index in [0.717, 1.165) is 25.7 Å². The number of hydrogen-bond acceptors (Lipinski definition) is 6. The Bertz CT molecular complexity index is 910. The van der Waals surface area contributed by atoms with Crippen LogP contribution in [0.3, 0.4) is 0 Å². The second kappa shape index (κ2) is 8.30. The molecule has 1 saturated heterocycles. The Balaban J connectivity index is 1.78. The van der Waals surface area contributed by atoms with Crippen molar-refractivity contribution >= 4 is 33.4 Å². The van der Waals surface area contributed by atoms with E-state index in [-0.39, 0.29) is 16.5 Å². The number of hydrogen-bond donors (Lipinski definition) is 1. The van der Waals surface area contributed by atoms with E-state index in [1.54, 1.807) is 6.07 Å². The summed E-state index contributed by atoms with van der Waals surface area (Å²) in [4.78, 5) is 26.0. The zero-order valence-corrected chi connectivity index (χ0v) is 16.9. The number of rotatable bonds is 5. The summed E-state index contributed by atoms with van der Waals surface area (Å²) >= 11 is 0. The van der Waals surface area contributed by atoms with E-state index < -0.39 is 28.5 Å². The van der Waals surface area contributed by atoms with Crippen molar-refractivity contribution in [1.29, 1.82) is 0 Å². The topological polar surface area (TPSA) is 105 Å². The molecule has 1 atom stereocenters. The fourth-order valence-corrected chi connectivity index (χ4v) is 4.52. The summed E-state index contributed by atoms with van der Waals surface area (Å²) in [7, 11) is -3.88. The number of benzene rings is 1. The lowest BCUT2D eigenvalue weighted by molar-refractivity contribution is -0.124. The number of amides is 1. The van der Waals surface area contributed by atoms with Crippen LogP contribution in [0.1, 0.15) is 56.3 Å². The molecule has 0 bridgehead atoms. The van der Waals surface area contributed by atoms with Gasteiger partial charge in [-0.2, -0.15) is 8.42 Å². The van der Waals surface area contributed by atoms with Crippen LogP contribution in [0.25, 0.3) is 0 Å². The first-order valence-corrected chi connectivity index (χ1v) is 11.0. The molecule has 0 radical (unpaired) electrons. The predicted octanol–water partition coefficient (Wildman–Crippen LogP) is 2.24. The van der Waals surface area contributed by atoms with E-state index in [1.165, 1.54) is 12.1 Å². The summed E-state index contributed by atoms with van der Waals surface area (Å²) in [6.45, 7) is 4.07. The van der Waals surface area contributed by atoms with E-state index in [2.05, 4.69) is 9.71 Å². The van der Waals surface area contributed by atoms with Crippen LogP contribution in [0.4, 0.5) is 5.69 Å². The molecule has 0 aromatic heterocycles. The molecule has 152 valence electrons. The Morgan fingerprint density at radius 3 is 2.82 bits per heavy atom. The van der Waals surface area contributed by atoms with Gasteiger partial charge in [-0.15, -0.1) is 4.40 Å². The van der Waals surface area contributed by atoms with Gasteiger partial charge in [0.05, 0.1) is 11.3 Å². The highest BCUT2D eigenvalue weighted by atomic mass is 32.2. The van der Waals surface area contributed by atoms with E-state index in [1.807, 2.05) is 18.7 Å². The van der Waals surface area contributed by atoms with Gasteiger partial charge in [-0.25, -0.2) is 4.79 Å². The van der Waals surface area contributed by atoms with Crippen LogP contribution in [0.15, 0.2) is 27.5 Å². The molecule has 2 aliphatic rings. The minimum atomic E-state index is -3.88. The Morgan fingerprint density at radius 2 is 2.07 bits per heavy atom. The normalized spacial score (nSPS) is 18.8. The van der Waals surface area contributed by atoms with Gasteiger partial charge in [0.2, 0.25) is 0 Å². The largest absolute Gasteiger partial charge is 0.452 e. The fourth-order valence-electron chi connectivity index (χ4n) is 3.24. The molecule has 9 heteroatoms. The average molecular weight is 407 g/mol. The number of sulfonamides is 1. The Labute approximate surface area is 165 Å². The van der Waals surface area contributed by atoms with Gasteiger partial charge in [0.25, 0.3) is 15.9 Å². The van der Waals surface area contributed by atoms with Gasteiger partial charge in [0.1, 0.15) is 10.7 Å². The molecule has 1 N–H and O–H groups in total. The van der Waals surface area contributed by atoms with Crippen LogP contribution in [-0.2, 0) is 19.6 Å². The van der Waals surface area contributed by atoms with E-state index in [4.69, 9.17) is 4.74 Å². The van der Waals surface area contributed by atoms with E-state index in [9.17, 15) is 18.0 Å². The number of nitrogens with one attached hydrogen (secondary N) is 1. The van der Waals surface area contributed by atoms with Crippen LogP contribution >= 0.6 is 0 Å². The lowest BCUT2D eigenvalue weighted by Gasteiger charge is -2.29. The van der Waals surface area contributed by atoms with Crippen LogP contribution < -0.4 is 10.2 Å². The monoisotopic (exact) mass is 407 g/mol. The van der Waals surface area contributed by atoms with E-state index >= 15 is 0 Å². The van der Waals surface area contributed by atoms with Crippen LogP contribution in [-0.4, -0.2) is 45.3 Å². The molecule has 8 nitrogen and oxygen atoms in total. The van der Waals surface area contributed by atoms with Gasteiger partial charge in [-0.3, -0.25) is 4.79 Å². The Morgan fingerprint density at radius 1 is 1.29 bits per heavy atom. The van der Waals surface area contributed by atoms with Crippen molar-refractivity contribution in [2.45, 2.75) is 56.9 Å². The van der Waals surface area contributed by atoms with Gasteiger partial charge >= 0.3 is 5.97 Å². The summed E-state index contributed by atoms with van der Waals surface area (Å²) in [6.07, 6.45) is 4.26. The standard InChI is InChI=1S/C19H25N3O5S/c1-3-13(2)20-18(23)12-27-19(24)14-8-9-15-16(11-14)28(25,26)21-17-7-5-4-6-10-22(15)17/h8-9,11,13H,3-7,10,12H2,1-2H3,(H,20,23)/t13-/m1/s1. The van der Waals surface area contributed by atoms with Gasteiger partial charge in [0.15, 0.2) is 6.61 Å². The lowest BCUT2D eigenvalue weighted by Crippen LogP contribution is -2.36. The van der Waals surface area contributed by atoms with Crippen molar-refractivity contribution in [3.63, 3.8) is 0 Å². The maximum Gasteiger partial charge on any atom is 0.338 e. The molecule has 1 amide bonds. The van der Waals surface area contributed by atoms with Gasteiger partial charge in [-0.1, -0.05) is 13.3 Å². The highest BCUT2D eigenvalue weighted by Crippen LogP contribution is 2.35. The fraction of sp³-hybridized carbons (Fsp3) is 0.526. The highest BCUT2D eigenvalue weighted by Gasteiger charge is 2.32. The number of esters is 1. The third kappa shape index (κ3) is 4.35. The van der Waals surface area contributed by atoms with Crippen molar-refractivity contribution in [3.05, 3.63) is 23.8 Å². The molecule has 28 heavy (non-hydrogen) atoms. The minimum Gasteiger partial charge on any atom is -0.452 e. The minimum absolute atomic E-state index is 0.00310. The number of carbonyl (C=O) groups excluding carboxylic acids is 2. The maximum atomic E-state index is 12.6. The molecule has 1 fully saturated rings.